The van der Waals surface area contributed by atoms with Crippen LogP contribution >= 0.6 is 11.6 Å². The predicted molar refractivity (Wildman–Crippen MR) is 110 cm³/mol. The Morgan fingerprint density at radius 2 is 1.93 bits per heavy atom. The molecule has 2 heterocycles. The lowest BCUT2D eigenvalue weighted by Gasteiger charge is -2.12. The van der Waals surface area contributed by atoms with E-state index in [0.29, 0.717) is 28.7 Å². The summed E-state index contributed by atoms with van der Waals surface area (Å²) in [5.41, 5.74) is 2.61. The highest BCUT2D eigenvalue weighted by atomic mass is 35.5. The number of fused-ring (bicyclic) bond motifs is 1. The van der Waals surface area contributed by atoms with Gasteiger partial charge in [0, 0.05) is 19.2 Å². The van der Waals surface area contributed by atoms with Gasteiger partial charge in [0.05, 0.1) is 12.1 Å². The molecule has 4 nitrogen and oxygen atoms in total. The van der Waals surface area contributed by atoms with Crippen molar-refractivity contribution in [3.05, 3.63) is 58.5 Å². The third kappa shape index (κ3) is 4.13. The zero-order valence-electron chi connectivity index (χ0n) is 16.3. The lowest BCUT2D eigenvalue weighted by atomic mass is 9.99. The normalized spacial score (nSPS) is 21.2. The Morgan fingerprint density at radius 1 is 1.13 bits per heavy atom. The molecule has 0 radical (unpaired) electrons. The number of halogens is 4. The lowest BCUT2D eigenvalue weighted by Crippen LogP contribution is -2.13. The van der Waals surface area contributed by atoms with E-state index in [0.717, 1.165) is 29.9 Å². The largest absolute Gasteiger partial charge is 0.393 e. The van der Waals surface area contributed by atoms with Crippen LogP contribution in [-0.4, -0.2) is 27.3 Å². The molecule has 8 heteroatoms. The summed E-state index contributed by atoms with van der Waals surface area (Å²) < 4.78 is 40.6. The highest BCUT2D eigenvalue weighted by Gasteiger charge is 2.40. The molecule has 0 unspecified atom stereocenters. The van der Waals surface area contributed by atoms with Gasteiger partial charge in [-0.15, -0.1) is 10.2 Å². The van der Waals surface area contributed by atoms with Gasteiger partial charge in [0.1, 0.15) is 10.8 Å². The molecule has 2 atom stereocenters. The first-order valence-electron chi connectivity index (χ1n) is 10.3. The van der Waals surface area contributed by atoms with Crippen molar-refractivity contribution < 1.29 is 13.2 Å². The summed E-state index contributed by atoms with van der Waals surface area (Å²) in [5.74, 6) is 2.08. The van der Waals surface area contributed by atoms with E-state index in [4.69, 9.17) is 11.6 Å². The summed E-state index contributed by atoms with van der Waals surface area (Å²) in [6.45, 7) is 0.657. The Labute approximate surface area is 177 Å². The van der Waals surface area contributed by atoms with Gasteiger partial charge < -0.3 is 5.32 Å². The van der Waals surface area contributed by atoms with Crippen LogP contribution in [0, 0.1) is 11.8 Å². The van der Waals surface area contributed by atoms with Crippen LogP contribution in [0.1, 0.15) is 42.1 Å². The number of anilines is 1. The van der Waals surface area contributed by atoms with Crippen LogP contribution in [0.5, 0.6) is 0 Å². The van der Waals surface area contributed by atoms with Crippen LogP contribution in [-0.2, 0) is 12.8 Å². The topological polar surface area (TPSA) is 42.2 Å². The van der Waals surface area contributed by atoms with Crippen LogP contribution in [0.15, 0.2) is 36.5 Å². The molecule has 0 bridgehead atoms. The van der Waals surface area contributed by atoms with Gasteiger partial charge in [-0.2, -0.15) is 13.2 Å². The molecule has 0 spiro atoms. The van der Waals surface area contributed by atoms with Gasteiger partial charge in [-0.1, -0.05) is 35.9 Å². The maximum atomic E-state index is 12.9. The number of benzene rings is 1. The molecular formula is C22H22ClF3N4. The van der Waals surface area contributed by atoms with Crippen LogP contribution in [0.2, 0.25) is 5.02 Å². The van der Waals surface area contributed by atoms with Crippen LogP contribution in [0.4, 0.5) is 18.9 Å². The molecule has 2 aliphatic rings. The lowest BCUT2D eigenvalue weighted by molar-refractivity contribution is -0.127. The number of pyridine rings is 1. The minimum absolute atomic E-state index is 0.150. The summed E-state index contributed by atoms with van der Waals surface area (Å²) in [6, 6.07) is 8.81. The first-order valence-corrected chi connectivity index (χ1v) is 10.7. The van der Waals surface area contributed by atoms with Gasteiger partial charge in [0.2, 0.25) is 0 Å². The number of nitrogens with zero attached hydrogens (tertiary/aromatic N) is 3. The second-order valence-electron chi connectivity index (χ2n) is 8.47. The third-order valence-electron chi connectivity index (χ3n) is 6.08. The fraction of sp³-hybridized carbons (Fsp3) is 0.455. The molecule has 158 valence electrons. The van der Waals surface area contributed by atoms with Crippen molar-refractivity contribution in [3.63, 3.8) is 0 Å². The summed E-state index contributed by atoms with van der Waals surface area (Å²) >= 11 is 6.55. The van der Waals surface area contributed by atoms with E-state index in [-0.39, 0.29) is 11.8 Å². The van der Waals surface area contributed by atoms with Crippen LogP contribution in [0.3, 0.4) is 0 Å². The number of nitrogens with one attached hydrogen (secondary N) is 1. The number of hydrogen-bond acceptors (Lipinski definition) is 3. The van der Waals surface area contributed by atoms with Crippen molar-refractivity contribution in [3.8, 4) is 0 Å². The monoisotopic (exact) mass is 434 g/mol. The highest BCUT2D eigenvalue weighted by Crippen LogP contribution is 2.49. The second kappa shape index (κ2) is 7.45. The predicted octanol–water partition coefficient (Wildman–Crippen LogP) is 5.66. The molecular weight excluding hydrogens is 413 g/mol. The molecule has 30 heavy (non-hydrogen) atoms. The minimum Gasteiger partial charge on any atom is -0.383 e. The van der Waals surface area contributed by atoms with Gasteiger partial charge in [-0.05, 0) is 54.2 Å². The molecule has 2 fully saturated rings. The Morgan fingerprint density at radius 3 is 2.70 bits per heavy atom. The first kappa shape index (κ1) is 19.7. The van der Waals surface area contributed by atoms with Crippen LogP contribution in [0.25, 0.3) is 5.65 Å². The average molecular weight is 435 g/mol. The van der Waals surface area contributed by atoms with E-state index < -0.39 is 12.6 Å². The number of rotatable bonds is 7. The van der Waals surface area contributed by atoms with E-state index in [9.17, 15) is 13.2 Å². The Kier molecular flexibility index (Phi) is 4.88. The summed E-state index contributed by atoms with van der Waals surface area (Å²) in [5, 5.41) is 12.4. The quantitative estimate of drug-likeness (QED) is 0.522. The molecule has 3 aromatic rings. The number of hydrogen-bond donors (Lipinski definition) is 1. The zero-order valence-corrected chi connectivity index (χ0v) is 17.0. The van der Waals surface area contributed by atoms with E-state index in [2.05, 4.69) is 15.5 Å². The second-order valence-corrected chi connectivity index (χ2v) is 8.85. The Bertz CT molecular complexity index is 1070. The average Bonchev–Trinajstić information content (AvgIpc) is 3.60. The Balaban J connectivity index is 1.26. The number of alkyl halides is 3. The smallest absolute Gasteiger partial charge is 0.383 e. The SMILES string of the molecule is FC(F)(F)Cc1ccccc1[C@@H]1C[C@H]1CNc1ccn2c(CC3CC3)nnc2c1Cl. The van der Waals surface area contributed by atoms with Crippen molar-refractivity contribution in [2.45, 2.75) is 44.2 Å². The van der Waals surface area contributed by atoms with Crippen molar-refractivity contribution in [1.29, 1.82) is 0 Å². The van der Waals surface area contributed by atoms with Gasteiger partial charge in [-0.3, -0.25) is 4.40 Å². The molecule has 2 aliphatic carbocycles. The maximum Gasteiger partial charge on any atom is 0.393 e. The maximum absolute atomic E-state index is 12.9. The van der Waals surface area contributed by atoms with Crippen molar-refractivity contribution in [2.75, 3.05) is 11.9 Å². The van der Waals surface area contributed by atoms with E-state index in [1.807, 2.05) is 28.8 Å². The fourth-order valence-corrected chi connectivity index (χ4v) is 4.46. The van der Waals surface area contributed by atoms with Crippen molar-refractivity contribution in [1.82, 2.24) is 14.6 Å². The molecule has 0 amide bonds. The Hall–Kier alpha value is -2.28. The highest BCUT2D eigenvalue weighted by molar-refractivity contribution is 6.36. The van der Waals surface area contributed by atoms with Crippen LogP contribution < -0.4 is 5.32 Å². The van der Waals surface area contributed by atoms with Crippen molar-refractivity contribution >= 4 is 22.9 Å². The molecule has 2 aromatic heterocycles. The molecule has 0 aliphatic heterocycles. The molecule has 5 rings (SSSR count). The summed E-state index contributed by atoms with van der Waals surface area (Å²) in [6.07, 6.45) is 1.15. The van der Waals surface area contributed by atoms with Gasteiger partial charge in [0.15, 0.2) is 5.65 Å². The number of aromatic nitrogens is 3. The molecule has 2 saturated carbocycles. The van der Waals surface area contributed by atoms with Crippen molar-refractivity contribution in [2.24, 2.45) is 11.8 Å². The minimum atomic E-state index is -4.20. The van der Waals surface area contributed by atoms with E-state index in [1.165, 1.54) is 12.8 Å². The molecule has 1 aromatic carbocycles. The molecule has 1 N–H and O–H groups in total. The van der Waals surface area contributed by atoms with E-state index >= 15 is 0 Å². The van der Waals surface area contributed by atoms with Gasteiger partial charge in [0.25, 0.3) is 0 Å². The fourth-order valence-electron chi connectivity index (χ4n) is 4.20. The third-order valence-corrected chi connectivity index (χ3v) is 6.45. The zero-order chi connectivity index (χ0) is 20.9. The first-order chi connectivity index (χ1) is 14.4. The molecule has 0 saturated heterocycles. The summed E-state index contributed by atoms with van der Waals surface area (Å²) in [4.78, 5) is 0. The van der Waals surface area contributed by atoms with E-state index in [1.54, 1.807) is 12.1 Å². The van der Waals surface area contributed by atoms with Gasteiger partial charge >= 0.3 is 6.18 Å². The van der Waals surface area contributed by atoms with Gasteiger partial charge in [-0.25, -0.2) is 0 Å². The summed E-state index contributed by atoms with van der Waals surface area (Å²) in [7, 11) is 0. The standard InChI is InChI=1S/C22H22ClF3N4/c23-20-18(7-8-30-19(9-13-5-6-13)28-29-21(20)30)27-12-15-10-17(15)16-4-2-1-3-14(16)11-22(24,25)26/h1-4,7-8,13,15,17,27H,5-6,9-12H2/t15-,17+/m0/s1.